The van der Waals surface area contributed by atoms with E-state index in [0.717, 1.165) is 18.7 Å². The van der Waals surface area contributed by atoms with Crippen molar-refractivity contribution in [1.29, 1.82) is 0 Å². The molecular formula is C14H21NO3. The number of hydrogen-bond donors (Lipinski definition) is 1. The van der Waals surface area contributed by atoms with Crippen LogP contribution in [0.25, 0.3) is 0 Å². The van der Waals surface area contributed by atoms with E-state index in [-0.39, 0.29) is 13.2 Å². The third kappa shape index (κ3) is 5.87. The Kier molecular flexibility index (Phi) is 7.19. The third-order valence-corrected chi connectivity index (χ3v) is 2.46. The van der Waals surface area contributed by atoms with Gasteiger partial charge in [0.15, 0.2) is 0 Å². The lowest BCUT2D eigenvalue weighted by atomic mass is 10.3. The Morgan fingerprint density at radius 1 is 1.61 bits per heavy atom. The van der Waals surface area contributed by atoms with E-state index in [9.17, 15) is 5.11 Å². The molecule has 0 fully saturated rings. The van der Waals surface area contributed by atoms with Crippen molar-refractivity contribution in [2.75, 3.05) is 26.3 Å². The van der Waals surface area contributed by atoms with Gasteiger partial charge in [-0.15, -0.1) is 6.42 Å². The number of hydrogen-bond acceptors (Lipinski definition) is 4. The predicted octanol–water partition coefficient (Wildman–Crippen LogP) is 1.50. The summed E-state index contributed by atoms with van der Waals surface area (Å²) in [5, 5.41) is 9.84. The molecule has 4 heteroatoms. The van der Waals surface area contributed by atoms with E-state index in [1.807, 2.05) is 12.1 Å². The summed E-state index contributed by atoms with van der Waals surface area (Å²) in [6.07, 6.45) is 7.23. The van der Waals surface area contributed by atoms with Crippen molar-refractivity contribution in [2.24, 2.45) is 0 Å². The van der Waals surface area contributed by atoms with Crippen molar-refractivity contribution < 1.29 is 14.3 Å². The number of nitrogens with zero attached hydrogens (tertiary/aromatic N) is 1. The van der Waals surface area contributed by atoms with Gasteiger partial charge in [0.2, 0.25) is 0 Å². The average molecular weight is 251 g/mol. The number of aliphatic hydroxyl groups is 1. The SMILES string of the molecule is C#CCOC[C@@H](O)CN(CCC)Cc1ccco1. The van der Waals surface area contributed by atoms with Crippen molar-refractivity contribution >= 4 is 0 Å². The number of furan rings is 1. The van der Waals surface area contributed by atoms with Crippen molar-refractivity contribution in [1.82, 2.24) is 4.90 Å². The number of aliphatic hydroxyl groups excluding tert-OH is 1. The highest BCUT2D eigenvalue weighted by atomic mass is 16.5. The van der Waals surface area contributed by atoms with Gasteiger partial charge in [-0.25, -0.2) is 0 Å². The first-order valence-electron chi connectivity index (χ1n) is 6.20. The molecular weight excluding hydrogens is 230 g/mol. The largest absolute Gasteiger partial charge is 0.468 e. The van der Waals surface area contributed by atoms with E-state index >= 15 is 0 Å². The summed E-state index contributed by atoms with van der Waals surface area (Å²) in [6.45, 7) is 4.78. The van der Waals surface area contributed by atoms with Gasteiger partial charge in [0.05, 0.1) is 25.5 Å². The molecule has 1 rings (SSSR count). The zero-order valence-electron chi connectivity index (χ0n) is 10.8. The number of ether oxygens (including phenoxy) is 1. The Bertz CT molecular complexity index is 342. The number of rotatable bonds is 9. The molecule has 1 aromatic rings. The van der Waals surface area contributed by atoms with Crippen LogP contribution in [0.2, 0.25) is 0 Å². The van der Waals surface area contributed by atoms with Gasteiger partial charge in [-0.05, 0) is 25.1 Å². The molecule has 0 spiro atoms. The van der Waals surface area contributed by atoms with E-state index < -0.39 is 6.10 Å². The van der Waals surface area contributed by atoms with Gasteiger partial charge in [-0.3, -0.25) is 4.90 Å². The maximum atomic E-state index is 9.84. The van der Waals surface area contributed by atoms with E-state index in [0.29, 0.717) is 13.1 Å². The van der Waals surface area contributed by atoms with Gasteiger partial charge < -0.3 is 14.3 Å². The molecule has 0 amide bonds. The maximum absolute atomic E-state index is 9.84. The van der Waals surface area contributed by atoms with Gasteiger partial charge in [0.25, 0.3) is 0 Å². The van der Waals surface area contributed by atoms with Gasteiger partial charge in [0, 0.05) is 6.54 Å². The lowest BCUT2D eigenvalue weighted by Gasteiger charge is -2.23. The molecule has 1 heterocycles. The Hall–Kier alpha value is -1.28. The van der Waals surface area contributed by atoms with Crippen molar-refractivity contribution in [2.45, 2.75) is 26.0 Å². The minimum Gasteiger partial charge on any atom is -0.468 e. The first-order valence-corrected chi connectivity index (χ1v) is 6.20. The lowest BCUT2D eigenvalue weighted by molar-refractivity contribution is 0.0249. The van der Waals surface area contributed by atoms with E-state index in [2.05, 4.69) is 17.7 Å². The summed E-state index contributed by atoms with van der Waals surface area (Å²) in [6, 6.07) is 3.80. The fourth-order valence-corrected chi connectivity index (χ4v) is 1.78. The molecule has 1 N–H and O–H groups in total. The molecule has 100 valence electrons. The average Bonchev–Trinajstić information content (AvgIpc) is 2.82. The minimum atomic E-state index is -0.528. The molecule has 1 atom stereocenters. The number of terminal acetylenes is 1. The van der Waals surface area contributed by atoms with Crippen molar-refractivity contribution in [3.8, 4) is 12.3 Å². The highest BCUT2D eigenvalue weighted by molar-refractivity contribution is 4.97. The van der Waals surface area contributed by atoms with Crippen LogP contribution in [0.1, 0.15) is 19.1 Å². The van der Waals surface area contributed by atoms with Crippen LogP contribution >= 0.6 is 0 Å². The van der Waals surface area contributed by atoms with E-state index in [1.165, 1.54) is 0 Å². The van der Waals surface area contributed by atoms with Crippen LogP contribution in [-0.2, 0) is 11.3 Å². The highest BCUT2D eigenvalue weighted by Gasteiger charge is 2.12. The minimum absolute atomic E-state index is 0.239. The summed E-state index contributed by atoms with van der Waals surface area (Å²) < 4.78 is 10.4. The van der Waals surface area contributed by atoms with Crippen LogP contribution < -0.4 is 0 Å². The first kappa shape index (κ1) is 14.8. The first-order chi connectivity index (χ1) is 8.76. The van der Waals surface area contributed by atoms with Crippen LogP contribution in [0.15, 0.2) is 22.8 Å². The van der Waals surface area contributed by atoms with Gasteiger partial charge >= 0.3 is 0 Å². The third-order valence-electron chi connectivity index (χ3n) is 2.46. The smallest absolute Gasteiger partial charge is 0.117 e. The summed E-state index contributed by atoms with van der Waals surface area (Å²) in [5.41, 5.74) is 0. The molecule has 0 radical (unpaired) electrons. The van der Waals surface area contributed by atoms with Gasteiger partial charge in [-0.2, -0.15) is 0 Å². The Balaban J connectivity index is 2.35. The highest BCUT2D eigenvalue weighted by Crippen LogP contribution is 2.07. The molecule has 18 heavy (non-hydrogen) atoms. The summed E-state index contributed by atoms with van der Waals surface area (Å²) in [7, 11) is 0. The normalized spacial score (nSPS) is 12.6. The van der Waals surface area contributed by atoms with Crippen molar-refractivity contribution in [3.05, 3.63) is 24.2 Å². The van der Waals surface area contributed by atoms with Gasteiger partial charge in [0.1, 0.15) is 12.4 Å². The van der Waals surface area contributed by atoms with Crippen LogP contribution in [0.5, 0.6) is 0 Å². The summed E-state index contributed by atoms with van der Waals surface area (Å²) in [4.78, 5) is 2.14. The molecule has 0 saturated heterocycles. The molecule has 1 aromatic heterocycles. The molecule has 0 aliphatic rings. The molecule has 0 aromatic carbocycles. The Morgan fingerprint density at radius 2 is 2.44 bits per heavy atom. The van der Waals surface area contributed by atoms with Crippen LogP contribution in [0, 0.1) is 12.3 Å². The van der Waals surface area contributed by atoms with Crippen LogP contribution in [0.4, 0.5) is 0 Å². The molecule has 0 saturated carbocycles. The molecule has 4 nitrogen and oxygen atoms in total. The fraction of sp³-hybridized carbons (Fsp3) is 0.571. The predicted molar refractivity (Wildman–Crippen MR) is 69.9 cm³/mol. The topological polar surface area (TPSA) is 45.8 Å². The monoisotopic (exact) mass is 251 g/mol. The lowest BCUT2D eigenvalue weighted by Crippen LogP contribution is -2.35. The molecule has 0 aliphatic carbocycles. The Labute approximate surface area is 109 Å². The second kappa shape index (κ2) is 8.76. The zero-order valence-corrected chi connectivity index (χ0v) is 10.8. The van der Waals surface area contributed by atoms with E-state index in [1.54, 1.807) is 6.26 Å². The van der Waals surface area contributed by atoms with Crippen LogP contribution in [0.3, 0.4) is 0 Å². The Morgan fingerprint density at radius 3 is 3.06 bits per heavy atom. The second-order valence-electron chi connectivity index (χ2n) is 4.19. The maximum Gasteiger partial charge on any atom is 0.117 e. The quantitative estimate of drug-likeness (QED) is 0.534. The summed E-state index contributed by atoms with van der Waals surface area (Å²) in [5.74, 6) is 3.28. The van der Waals surface area contributed by atoms with Gasteiger partial charge in [-0.1, -0.05) is 12.8 Å². The molecule has 0 unspecified atom stereocenters. The van der Waals surface area contributed by atoms with Crippen molar-refractivity contribution in [3.63, 3.8) is 0 Å². The standard InChI is InChI=1S/C14H21NO3/c1-3-7-15(11-14-6-5-9-18-14)10-13(16)12-17-8-4-2/h2,5-6,9,13,16H,3,7-8,10-12H2,1H3/t13-/m0/s1. The molecule has 0 aliphatic heterocycles. The van der Waals surface area contributed by atoms with Crippen LogP contribution in [-0.4, -0.2) is 42.4 Å². The zero-order chi connectivity index (χ0) is 13.2. The summed E-state index contributed by atoms with van der Waals surface area (Å²) >= 11 is 0. The fourth-order valence-electron chi connectivity index (χ4n) is 1.78. The second-order valence-corrected chi connectivity index (χ2v) is 4.19. The van der Waals surface area contributed by atoms with E-state index in [4.69, 9.17) is 15.6 Å². The molecule has 0 bridgehead atoms.